The molecule has 0 aromatic heterocycles. The molecule has 22 heavy (non-hydrogen) atoms. The number of amides is 2. The lowest BCUT2D eigenvalue weighted by Gasteiger charge is -2.08. The van der Waals surface area contributed by atoms with Crippen LogP contribution in [0.4, 0.5) is 0 Å². The molecule has 0 heterocycles. The molecule has 0 spiro atoms. The van der Waals surface area contributed by atoms with Gasteiger partial charge in [0.25, 0.3) is 0 Å². The molecule has 0 radical (unpaired) electrons. The molecule has 0 saturated carbocycles. The van der Waals surface area contributed by atoms with Crippen LogP contribution in [-0.4, -0.2) is 51.2 Å². The molecule has 0 rings (SSSR count). The second-order valence-corrected chi connectivity index (χ2v) is 5.71. The summed E-state index contributed by atoms with van der Waals surface area (Å²) in [5.41, 5.74) is 0. The van der Waals surface area contributed by atoms with Crippen LogP contribution < -0.4 is 16.0 Å². The highest BCUT2D eigenvalue weighted by Crippen LogP contribution is 2.04. The number of hydrogen-bond donors (Lipinski definition) is 3. The van der Waals surface area contributed by atoms with Gasteiger partial charge in [0, 0.05) is 13.1 Å². The minimum atomic E-state index is -0.0361. The number of hydrogen-bond acceptors (Lipinski definition) is 4. The smallest absolute Gasteiger partial charge is 0.246 e. The lowest BCUT2D eigenvalue weighted by Crippen LogP contribution is -2.32. The van der Waals surface area contributed by atoms with E-state index in [0.29, 0.717) is 6.54 Å². The predicted octanol–water partition coefficient (Wildman–Crippen LogP) is 1.20. The van der Waals surface area contributed by atoms with Gasteiger partial charge in [-0.3, -0.25) is 9.59 Å². The topological polar surface area (TPSA) is 79.5 Å². The maximum atomic E-state index is 11.4. The fraction of sp³-hybridized carbons (Fsp3) is 0.875. The Labute approximate surface area is 134 Å². The molecule has 0 aliphatic carbocycles. The zero-order valence-electron chi connectivity index (χ0n) is 14.4. The molecule has 0 saturated heterocycles. The van der Waals surface area contributed by atoms with E-state index in [4.69, 9.17) is 4.74 Å². The molecule has 0 aromatic rings. The summed E-state index contributed by atoms with van der Waals surface area (Å²) < 4.78 is 5.22. The van der Waals surface area contributed by atoms with Crippen LogP contribution in [0.1, 0.15) is 52.4 Å². The molecule has 0 bridgehead atoms. The SMILES string of the molecule is CNCC(=O)NCCCCCCCCNC(=O)COC(C)C. The molecular formula is C16H33N3O3. The lowest BCUT2D eigenvalue weighted by molar-refractivity contribution is -0.127. The van der Waals surface area contributed by atoms with E-state index in [1.165, 1.54) is 12.8 Å². The fourth-order valence-corrected chi connectivity index (χ4v) is 1.93. The molecule has 0 unspecified atom stereocenters. The highest BCUT2D eigenvalue weighted by Gasteiger charge is 2.02. The van der Waals surface area contributed by atoms with Crippen molar-refractivity contribution in [2.45, 2.75) is 58.5 Å². The quantitative estimate of drug-likeness (QED) is 0.421. The van der Waals surface area contributed by atoms with Crippen molar-refractivity contribution >= 4 is 11.8 Å². The first-order valence-electron chi connectivity index (χ1n) is 8.36. The molecule has 0 atom stereocenters. The first-order chi connectivity index (χ1) is 10.6. The zero-order valence-corrected chi connectivity index (χ0v) is 14.4. The van der Waals surface area contributed by atoms with Crippen molar-refractivity contribution in [3.8, 4) is 0 Å². The molecule has 0 aromatic carbocycles. The van der Waals surface area contributed by atoms with Crippen LogP contribution in [0, 0.1) is 0 Å². The first kappa shape index (κ1) is 20.9. The number of carbonyl (C=O) groups excluding carboxylic acids is 2. The zero-order chi connectivity index (χ0) is 16.6. The third-order valence-electron chi connectivity index (χ3n) is 3.13. The second-order valence-electron chi connectivity index (χ2n) is 5.71. The molecule has 0 aliphatic rings. The van der Waals surface area contributed by atoms with Gasteiger partial charge in [0.1, 0.15) is 6.61 Å². The fourth-order valence-electron chi connectivity index (χ4n) is 1.93. The van der Waals surface area contributed by atoms with Crippen molar-refractivity contribution in [1.82, 2.24) is 16.0 Å². The first-order valence-corrected chi connectivity index (χ1v) is 8.36. The third-order valence-corrected chi connectivity index (χ3v) is 3.13. The minimum absolute atomic E-state index is 0.0361. The van der Waals surface area contributed by atoms with Crippen LogP contribution in [0.25, 0.3) is 0 Å². The van der Waals surface area contributed by atoms with Crippen LogP contribution in [0.5, 0.6) is 0 Å². The number of rotatable bonds is 14. The van der Waals surface area contributed by atoms with Crippen molar-refractivity contribution in [2.75, 3.05) is 33.3 Å². The van der Waals surface area contributed by atoms with E-state index in [1.807, 2.05) is 13.8 Å². The van der Waals surface area contributed by atoms with Gasteiger partial charge in [0.05, 0.1) is 12.6 Å². The van der Waals surface area contributed by atoms with Gasteiger partial charge in [0.15, 0.2) is 0 Å². The Kier molecular flexibility index (Phi) is 14.0. The van der Waals surface area contributed by atoms with Crippen LogP contribution in [0.2, 0.25) is 0 Å². The maximum absolute atomic E-state index is 11.4. The summed E-state index contributed by atoms with van der Waals surface area (Å²) in [5, 5.41) is 8.54. The van der Waals surface area contributed by atoms with Gasteiger partial charge in [-0.25, -0.2) is 0 Å². The van der Waals surface area contributed by atoms with Gasteiger partial charge in [-0.1, -0.05) is 25.7 Å². The Morgan fingerprint density at radius 2 is 1.36 bits per heavy atom. The molecule has 3 N–H and O–H groups in total. The monoisotopic (exact) mass is 315 g/mol. The van der Waals surface area contributed by atoms with Crippen molar-refractivity contribution in [1.29, 1.82) is 0 Å². The Balaban J connectivity index is 3.20. The highest BCUT2D eigenvalue weighted by molar-refractivity contribution is 5.77. The highest BCUT2D eigenvalue weighted by atomic mass is 16.5. The van der Waals surface area contributed by atoms with E-state index < -0.39 is 0 Å². The van der Waals surface area contributed by atoms with Crippen molar-refractivity contribution < 1.29 is 14.3 Å². The number of carbonyl (C=O) groups is 2. The van der Waals surface area contributed by atoms with Crippen LogP contribution in [0.15, 0.2) is 0 Å². The molecule has 130 valence electrons. The predicted molar refractivity (Wildman–Crippen MR) is 88.7 cm³/mol. The van der Waals surface area contributed by atoms with Gasteiger partial charge in [-0.05, 0) is 33.7 Å². The summed E-state index contributed by atoms with van der Waals surface area (Å²) in [7, 11) is 1.76. The number of unbranched alkanes of at least 4 members (excludes halogenated alkanes) is 5. The Hall–Kier alpha value is -1.14. The average Bonchev–Trinajstić information content (AvgIpc) is 2.47. The molecular weight excluding hydrogens is 282 g/mol. The summed E-state index contributed by atoms with van der Waals surface area (Å²) in [6.07, 6.45) is 6.72. The standard InChI is InChI=1S/C16H33N3O3/c1-14(2)22-13-16(21)19-11-9-7-5-4-6-8-10-18-15(20)12-17-3/h14,17H,4-13H2,1-3H3,(H,18,20)(H,19,21). The Bertz CT molecular complexity index is 296. The van der Waals surface area contributed by atoms with Gasteiger partial charge in [-0.2, -0.15) is 0 Å². The van der Waals surface area contributed by atoms with Crippen LogP contribution >= 0.6 is 0 Å². The van der Waals surface area contributed by atoms with Gasteiger partial charge in [-0.15, -0.1) is 0 Å². The van der Waals surface area contributed by atoms with E-state index in [2.05, 4.69) is 16.0 Å². The van der Waals surface area contributed by atoms with Crippen LogP contribution in [0.3, 0.4) is 0 Å². The molecule has 6 heteroatoms. The average molecular weight is 315 g/mol. The number of nitrogens with one attached hydrogen (secondary N) is 3. The number of likely N-dealkylation sites (N-methyl/N-ethyl adjacent to an activating group) is 1. The van der Waals surface area contributed by atoms with E-state index >= 15 is 0 Å². The largest absolute Gasteiger partial charge is 0.369 e. The summed E-state index contributed by atoms with van der Waals surface area (Å²) >= 11 is 0. The maximum Gasteiger partial charge on any atom is 0.246 e. The lowest BCUT2D eigenvalue weighted by atomic mass is 10.1. The Morgan fingerprint density at radius 1 is 0.864 bits per heavy atom. The van der Waals surface area contributed by atoms with E-state index in [0.717, 1.165) is 38.8 Å². The second kappa shape index (κ2) is 14.8. The van der Waals surface area contributed by atoms with Gasteiger partial charge >= 0.3 is 0 Å². The molecule has 0 aliphatic heterocycles. The Morgan fingerprint density at radius 3 is 1.86 bits per heavy atom. The van der Waals surface area contributed by atoms with Crippen molar-refractivity contribution in [2.24, 2.45) is 0 Å². The van der Waals surface area contributed by atoms with Gasteiger partial charge < -0.3 is 20.7 Å². The summed E-state index contributed by atoms with van der Waals surface area (Å²) in [4.78, 5) is 22.6. The third kappa shape index (κ3) is 15.3. The molecule has 0 fully saturated rings. The van der Waals surface area contributed by atoms with Gasteiger partial charge in [0.2, 0.25) is 11.8 Å². The van der Waals surface area contributed by atoms with E-state index in [9.17, 15) is 9.59 Å². The molecule has 6 nitrogen and oxygen atoms in total. The normalized spacial score (nSPS) is 10.7. The van der Waals surface area contributed by atoms with E-state index in [1.54, 1.807) is 7.05 Å². The van der Waals surface area contributed by atoms with Crippen molar-refractivity contribution in [3.05, 3.63) is 0 Å². The summed E-state index contributed by atoms with van der Waals surface area (Å²) in [6, 6.07) is 0. The summed E-state index contributed by atoms with van der Waals surface area (Å²) in [5.74, 6) is 0.0192. The van der Waals surface area contributed by atoms with Crippen LogP contribution in [-0.2, 0) is 14.3 Å². The van der Waals surface area contributed by atoms with E-state index in [-0.39, 0.29) is 24.5 Å². The summed E-state index contributed by atoms with van der Waals surface area (Å²) in [6.45, 7) is 5.84. The minimum Gasteiger partial charge on any atom is -0.369 e. The molecule has 2 amide bonds. The number of ether oxygens (including phenoxy) is 1. The van der Waals surface area contributed by atoms with Crippen molar-refractivity contribution in [3.63, 3.8) is 0 Å².